The van der Waals surface area contributed by atoms with E-state index in [9.17, 15) is 0 Å². The molecule has 0 radical (unpaired) electrons. The summed E-state index contributed by atoms with van der Waals surface area (Å²) in [6.45, 7) is 0. The van der Waals surface area contributed by atoms with Crippen molar-refractivity contribution in [1.29, 1.82) is 0 Å². The predicted octanol–water partition coefficient (Wildman–Crippen LogP) is 2.40. The number of rotatable bonds is 2. The second-order valence-corrected chi connectivity index (χ2v) is 4.39. The fourth-order valence-electron chi connectivity index (χ4n) is 2.04. The minimum Gasteiger partial charge on any atom is -0.423 e. The van der Waals surface area contributed by atoms with Crippen LogP contribution in [0.15, 0.2) is 22.6 Å². The highest BCUT2D eigenvalue weighted by atomic mass is 16.4. The second-order valence-electron chi connectivity index (χ2n) is 4.39. The van der Waals surface area contributed by atoms with Crippen LogP contribution in [0.25, 0.3) is 11.1 Å². The Bertz CT molecular complexity index is 516. The molecule has 2 N–H and O–H groups in total. The molecule has 0 spiro atoms. The number of hydrogen-bond acceptors (Lipinski definition) is 4. The Kier molecular flexibility index (Phi) is 2.02. The molecular formula is C12H15N3O. The highest BCUT2D eigenvalue weighted by molar-refractivity contribution is 5.86. The largest absolute Gasteiger partial charge is 0.423 e. The first-order chi connectivity index (χ1) is 7.75. The molecule has 0 saturated heterocycles. The van der Waals surface area contributed by atoms with Crippen molar-refractivity contribution in [3.8, 4) is 0 Å². The lowest BCUT2D eigenvalue weighted by atomic mass is 9.92. The van der Waals surface area contributed by atoms with Crippen molar-refractivity contribution in [2.24, 2.45) is 0 Å². The fraction of sp³-hybridized carbons (Fsp3) is 0.417. The van der Waals surface area contributed by atoms with Crippen molar-refractivity contribution < 1.29 is 4.42 Å². The quantitative estimate of drug-likeness (QED) is 0.785. The van der Waals surface area contributed by atoms with Gasteiger partial charge in [-0.25, -0.2) is 0 Å². The zero-order valence-corrected chi connectivity index (χ0v) is 9.31. The third kappa shape index (κ3) is 1.33. The van der Waals surface area contributed by atoms with Crippen molar-refractivity contribution in [2.75, 3.05) is 17.7 Å². The zero-order chi connectivity index (χ0) is 11.1. The molecule has 0 amide bonds. The molecule has 1 aliphatic rings. The monoisotopic (exact) mass is 217 g/mol. The number of benzene rings is 1. The summed E-state index contributed by atoms with van der Waals surface area (Å²) in [5.41, 5.74) is 8.06. The number of fused-ring (bicyclic) bond motifs is 1. The van der Waals surface area contributed by atoms with Gasteiger partial charge in [-0.1, -0.05) is 6.07 Å². The predicted molar refractivity (Wildman–Crippen MR) is 64.5 cm³/mol. The van der Waals surface area contributed by atoms with Crippen molar-refractivity contribution in [1.82, 2.24) is 4.98 Å². The molecule has 84 valence electrons. The fourth-order valence-corrected chi connectivity index (χ4v) is 2.04. The Hall–Kier alpha value is -1.71. The maximum absolute atomic E-state index is 5.85. The van der Waals surface area contributed by atoms with E-state index in [0.29, 0.717) is 17.7 Å². The number of nitrogens with two attached hydrogens (primary N) is 1. The van der Waals surface area contributed by atoms with Gasteiger partial charge in [0.15, 0.2) is 5.58 Å². The first kappa shape index (κ1) is 9.51. The molecule has 0 unspecified atom stereocenters. The van der Waals surface area contributed by atoms with Gasteiger partial charge in [-0.15, -0.1) is 0 Å². The zero-order valence-electron chi connectivity index (χ0n) is 9.31. The van der Waals surface area contributed by atoms with Gasteiger partial charge < -0.3 is 15.1 Å². The van der Waals surface area contributed by atoms with Gasteiger partial charge in [-0.2, -0.15) is 4.98 Å². The summed E-state index contributed by atoms with van der Waals surface area (Å²) >= 11 is 0. The Morgan fingerprint density at radius 1 is 1.44 bits per heavy atom. The van der Waals surface area contributed by atoms with Gasteiger partial charge in [0.05, 0.1) is 5.69 Å². The molecule has 2 aromatic rings. The van der Waals surface area contributed by atoms with E-state index in [-0.39, 0.29) is 0 Å². The summed E-state index contributed by atoms with van der Waals surface area (Å²) in [7, 11) is 2.03. The standard InChI is InChI=1S/C12H15N3O/c1-15(8-4-2-5-8)12-14-11-9(13)6-3-7-10(11)16-12/h3,6-8H,2,4-5,13H2,1H3. The minimum absolute atomic E-state index is 0.578. The Morgan fingerprint density at radius 3 is 2.88 bits per heavy atom. The molecule has 1 aliphatic carbocycles. The molecule has 1 aromatic carbocycles. The first-order valence-corrected chi connectivity index (χ1v) is 5.63. The van der Waals surface area contributed by atoms with E-state index < -0.39 is 0 Å². The second kappa shape index (κ2) is 3.40. The Morgan fingerprint density at radius 2 is 2.25 bits per heavy atom. The van der Waals surface area contributed by atoms with Crippen LogP contribution in [-0.2, 0) is 0 Å². The molecule has 1 aromatic heterocycles. The Labute approximate surface area is 94.0 Å². The van der Waals surface area contributed by atoms with E-state index in [0.717, 1.165) is 11.1 Å². The van der Waals surface area contributed by atoms with Crippen molar-refractivity contribution in [3.05, 3.63) is 18.2 Å². The van der Waals surface area contributed by atoms with Gasteiger partial charge in [0, 0.05) is 13.1 Å². The lowest BCUT2D eigenvalue weighted by Crippen LogP contribution is -2.37. The van der Waals surface area contributed by atoms with Crippen molar-refractivity contribution in [2.45, 2.75) is 25.3 Å². The van der Waals surface area contributed by atoms with E-state index in [1.807, 2.05) is 25.2 Å². The molecule has 1 saturated carbocycles. The van der Waals surface area contributed by atoms with Gasteiger partial charge in [-0.3, -0.25) is 0 Å². The van der Waals surface area contributed by atoms with Crippen LogP contribution in [0, 0.1) is 0 Å². The summed E-state index contributed by atoms with van der Waals surface area (Å²) in [4.78, 5) is 6.56. The van der Waals surface area contributed by atoms with Crippen LogP contribution in [-0.4, -0.2) is 18.1 Å². The molecule has 4 heteroatoms. The molecule has 4 nitrogen and oxygen atoms in total. The van der Waals surface area contributed by atoms with Crippen LogP contribution in [0.3, 0.4) is 0 Å². The summed E-state index contributed by atoms with van der Waals surface area (Å²) in [6.07, 6.45) is 3.76. The van der Waals surface area contributed by atoms with Crippen molar-refractivity contribution >= 4 is 22.8 Å². The number of para-hydroxylation sites is 1. The van der Waals surface area contributed by atoms with Crippen LogP contribution >= 0.6 is 0 Å². The van der Waals surface area contributed by atoms with Gasteiger partial charge in [0.25, 0.3) is 6.01 Å². The van der Waals surface area contributed by atoms with Crippen LogP contribution < -0.4 is 10.6 Å². The third-order valence-electron chi connectivity index (χ3n) is 3.36. The number of hydrogen-bond donors (Lipinski definition) is 1. The molecular weight excluding hydrogens is 202 g/mol. The van der Waals surface area contributed by atoms with E-state index in [2.05, 4.69) is 9.88 Å². The average molecular weight is 217 g/mol. The maximum atomic E-state index is 5.85. The molecule has 3 rings (SSSR count). The third-order valence-corrected chi connectivity index (χ3v) is 3.36. The Balaban J connectivity index is 2.01. The first-order valence-electron chi connectivity index (χ1n) is 5.63. The SMILES string of the molecule is CN(c1nc2c(N)cccc2o1)C1CCC1. The topological polar surface area (TPSA) is 55.3 Å². The molecule has 1 fully saturated rings. The van der Waals surface area contributed by atoms with Crippen LogP contribution in [0.1, 0.15) is 19.3 Å². The van der Waals surface area contributed by atoms with E-state index in [1.54, 1.807) is 0 Å². The summed E-state index contributed by atoms with van der Waals surface area (Å²) in [5, 5.41) is 0. The smallest absolute Gasteiger partial charge is 0.298 e. The van der Waals surface area contributed by atoms with E-state index >= 15 is 0 Å². The lowest BCUT2D eigenvalue weighted by molar-refractivity contribution is 0.382. The molecule has 0 atom stereocenters. The number of anilines is 2. The molecule has 1 heterocycles. The van der Waals surface area contributed by atoms with Gasteiger partial charge in [0.2, 0.25) is 0 Å². The summed E-state index contributed by atoms with van der Waals surface area (Å²) < 4.78 is 5.70. The lowest BCUT2D eigenvalue weighted by Gasteiger charge is -2.33. The highest BCUT2D eigenvalue weighted by Gasteiger charge is 2.25. The number of aromatic nitrogens is 1. The van der Waals surface area contributed by atoms with Gasteiger partial charge in [-0.05, 0) is 31.4 Å². The summed E-state index contributed by atoms with van der Waals surface area (Å²) in [5.74, 6) is 0. The van der Waals surface area contributed by atoms with Crippen LogP contribution in [0.4, 0.5) is 11.7 Å². The average Bonchev–Trinajstić information content (AvgIpc) is 2.60. The summed E-state index contributed by atoms with van der Waals surface area (Å²) in [6, 6.07) is 6.89. The van der Waals surface area contributed by atoms with Crippen LogP contribution in [0.5, 0.6) is 0 Å². The maximum Gasteiger partial charge on any atom is 0.298 e. The highest BCUT2D eigenvalue weighted by Crippen LogP contribution is 2.31. The van der Waals surface area contributed by atoms with E-state index in [1.165, 1.54) is 19.3 Å². The number of oxazole rings is 1. The molecule has 16 heavy (non-hydrogen) atoms. The van der Waals surface area contributed by atoms with Gasteiger partial charge >= 0.3 is 0 Å². The number of nitrogen functional groups attached to an aromatic ring is 1. The van der Waals surface area contributed by atoms with E-state index in [4.69, 9.17) is 10.2 Å². The van der Waals surface area contributed by atoms with Crippen LogP contribution in [0.2, 0.25) is 0 Å². The normalized spacial score (nSPS) is 16.3. The number of nitrogens with zero attached hydrogens (tertiary/aromatic N) is 2. The molecule has 0 bridgehead atoms. The van der Waals surface area contributed by atoms with Crippen molar-refractivity contribution in [3.63, 3.8) is 0 Å². The molecule has 0 aliphatic heterocycles. The van der Waals surface area contributed by atoms with Gasteiger partial charge in [0.1, 0.15) is 5.52 Å². The minimum atomic E-state index is 0.578.